The largest absolute Gasteiger partial charge is 0.304 e. The van der Waals surface area contributed by atoms with Gasteiger partial charge >= 0.3 is 0 Å². The third kappa shape index (κ3) is 1.19. The lowest BCUT2D eigenvalue weighted by molar-refractivity contribution is 0.837. The average molecular weight is 221 g/mol. The van der Waals surface area contributed by atoms with E-state index in [2.05, 4.69) is 46.3 Å². The molecule has 0 bridgehead atoms. The summed E-state index contributed by atoms with van der Waals surface area (Å²) in [7, 11) is 0. The molecule has 17 heavy (non-hydrogen) atoms. The maximum Gasteiger partial charge on any atom is 0.162 e. The van der Waals surface area contributed by atoms with Gasteiger partial charge in [-0.1, -0.05) is 18.2 Å². The van der Waals surface area contributed by atoms with Crippen LogP contribution < -0.4 is 0 Å². The zero-order valence-electron chi connectivity index (χ0n) is 9.24. The second-order valence-corrected chi connectivity index (χ2v) is 4.30. The van der Waals surface area contributed by atoms with Gasteiger partial charge in [0.25, 0.3) is 0 Å². The summed E-state index contributed by atoms with van der Waals surface area (Å²) in [6.07, 6.45) is 5.18. The van der Waals surface area contributed by atoms with Crippen molar-refractivity contribution in [3.8, 4) is 11.5 Å². The lowest BCUT2D eigenvalue weighted by Crippen LogP contribution is -1.98. The Kier molecular flexibility index (Phi) is 1.61. The van der Waals surface area contributed by atoms with Gasteiger partial charge in [-0.15, -0.1) is 5.10 Å². The number of benzene rings is 1. The Hall–Kier alpha value is -2.29. The summed E-state index contributed by atoms with van der Waals surface area (Å²) in [5.41, 5.74) is 3.72. The van der Waals surface area contributed by atoms with Gasteiger partial charge in [-0.05, 0) is 24.3 Å². The molecule has 1 aliphatic rings. The molecule has 3 nitrogen and oxygen atoms in total. The number of hydrogen-bond donors (Lipinski definition) is 0. The molecule has 0 unspecified atom stereocenters. The lowest BCUT2D eigenvalue weighted by atomic mass is 10.2. The molecule has 82 valence electrons. The molecule has 0 atom stereocenters. The molecule has 0 spiro atoms. The standard InChI is InChI=1S/C14H11N3/c1-2-5-12(6-3-1)17-10-11-9-13-7-4-8-16(13)14(11)15-17/h1-8,10H,9H2. The van der Waals surface area contributed by atoms with Crippen LogP contribution in [0, 0.1) is 0 Å². The minimum atomic E-state index is 0.981. The summed E-state index contributed by atoms with van der Waals surface area (Å²) >= 11 is 0. The van der Waals surface area contributed by atoms with Gasteiger partial charge in [0, 0.05) is 30.1 Å². The van der Waals surface area contributed by atoms with E-state index >= 15 is 0 Å². The van der Waals surface area contributed by atoms with Crippen molar-refractivity contribution in [3.63, 3.8) is 0 Å². The molecule has 0 saturated heterocycles. The maximum atomic E-state index is 4.65. The number of fused-ring (bicyclic) bond motifs is 3. The van der Waals surface area contributed by atoms with Gasteiger partial charge in [-0.2, -0.15) is 0 Å². The molecule has 1 aliphatic heterocycles. The first kappa shape index (κ1) is 8.82. The molecule has 0 aliphatic carbocycles. The van der Waals surface area contributed by atoms with Gasteiger partial charge in [0.05, 0.1) is 5.69 Å². The molecule has 1 aromatic carbocycles. The number of aromatic nitrogens is 3. The minimum Gasteiger partial charge on any atom is -0.304 e. The highest BCUT2D eigenvalue weighted by Gasteiger charge is 2.21. The summed E-state index contributed by atoms with van der Waals surface area (Å²) in [6.45, 7) is 0. The Morgan fingerprint density at radius 2 is 1.88 bits per heavy atom. The molecular formula is C14H11N3. The number of rotatable bonds is 1. The van der Waals surface area contributed by atoms with Crippen LogP contribution in [-0.2, 0) is 6.42 Å². The van der Waals surface area contributed by atoms with E-state index in [9.17, 15) is 0 Å². The second kappa shape index (κ2) is 3.10. The Balaban J connectivity index is 1.87. The number of para-hydroxylation sites is 1. The quantitative estimate of drug-likeness (QED) is 0.484. The summed E-state index contributed by atoms with van der Waals surface area (Å²) < 4.78 is 4.11. The van der Waals surface area contributed by atoms with Crippen LogP contribution in [0.4, 0.5) is 0 Å². The van der Waals surface area contributed by atoms with Crippen molar-refractivity contribution in [1.82, 2.24) is 14.3 Å². The van der Waals surface area contributed by atoms with Crippen LogP contribution in [-0.4, -0.2) is 14.3 Å². The summed E-state index contributed by atoms with van der Waals surface area (Å²) in [5, 5.41) is 4.65. The predicted octanol–water partition coefficient (Wildman–Crippen LogP) is 2.57. The van der Waals surface area contributed by atoms with Gasteiger partial charge in [0.1, 0.15) is 0 Å². The highest BCUT2D eigenvalue weighted by molar-refractivity contribution is 5.46. The van der Waals surface area contributed by atoms with Gasteiger partial charge in [-0.3, -0.25) is 0 Å². The van der Waals surface area contributed by atoms with E-state index in [1.807, 2.05) is 22.9 Å². The average Bonchev–Trinajstić information content (AvgIpc) is 3.00. The van der Waals surface area contributed by atoms with Crippen LogP contribution in [0.1, 0.15) is 11.3 Å². The van der Waals surface area contributed by atoms with Gasteiger partial charge in [0.2, 0.25) is 0 Å². The first-order chi connectivity index (χ1) is 8.42. The van der Waals surface area contributed by atoms with Crippen LogP contribution in [0.3, 0.4) is 0 Å². The molecule has 0 radical (unpaired) electrons. The topological polar surface area (TPSA) is 22.8 Å². The third-order valence-corrected chi connectivity index (χ3v) is 3.22. The summed E-state index contributed by atoms with van der Waals surface area (Å²) in [6, 6.07) is 14.4. The van der Waals surface area contributed by atoms with Crippen LogP contribution in [0.2, 0.25) is 0 Å². The molecule has 3 heterocycles. The van der Waals surface area contributed by atoms with Crippen molar-refractivity contribution in [2.75, 3.05) is 0 Å². The van der Waals surface area contributed by atoms with Crippen molar-refractivity contribution in [2.24, 2.45) is 0 Å². The Morgan fingerprint density at radius 1 is 1.00 bits per heavy atom. The van der Waals surface area contributed by atoms with E-state index in [4.69, 9.17) is 0 Å². The minimum absolute atomic E-state index is 0.981. The molecule has 0 fully saturated rings. The van der Waals surface area contributed by atoms with E-state index in [0.29, 0.717) is 0 Å². The van der Waals surface area contributed by atoms with Crippen LogP contribution >= 0.6 is 0 Å². The molecule has 0 saturated carbocycles. The predicted molar refractivity (Wildman–Crippen MR) is 65.7 cm³/mol. The zero-order valence-corrected chi connectivity index (χ0v) is 9.24. The number of hydrogen-bond acceptors (Lipinski definition) is 1. The van der Waals surface area contributed by atoms with Crippen molar-refractivity contribution < 1.29 is 0 Å². The molecule has 3 heteroatoms. The lowest BCUT2D eigenvalue weighted by Gasteiger charge is -2.01. The van der Waals surface area contributed by atoms with Gasteiger partial charge in [-0.25, -0.2) is 4.68 Å². The zero-order chi connectivity index (χ0) is 11.2. The highest BCUT2D eigenvalue weighted by Crippen LogP contribution is 2.27. The van der Waals surface area contributed by atoms with E-state index < -0.39 is 0 Å². The summed E-state index contributed by atoms with van der Waals surface area (Å²) in [4.78, 5) is 0. The maximum absolute atomic E-state index is 4.65. The smallest absolute Gasteiger partial charge is 0.162 e. The Morgan fingerprint density at radius 3 is 2.76 bits per heavy atom. The fraction of sp³-hybridized carbons (Fsp3) is 0.0714. The van der Waals surface area contributed by atoms with Crippen molar-refractivity contribution in [3.05, 3.63) is 66.1 Å². The molecule has 3 aromatic rings. The van der Waals surface area contributed by atoms with Crippen LogP contribution in [0.5, 0.6) is 0 Å². The van der Waals surface area contributed by atoms with Crippen LogP contribution in [0.25, 0.3) is 11.5 Å². The molecule has 4 rings (SSSR count). The molecule has 0 N–H and O–H groups in total. The number of nitrogens with zero attached hydrogens (tertiary/aromatic N) is 3. The van der Waals surface area contributed by atoms with Gasteiger partial charge < -0.3 is 4.57 Å². The second-order valence-electron chi connectivity index (χ2n) is 4.30. The monoisotopic (exact) mass is 221 g/mol. The Labute approximate surface area is 98.9 Å². The molecule has 2 aromatic heterocycles. The normalized spacial score (nSPS) is 12.5. The van der Waals surface area contributed by atoms with Crippen LogP contribution in [0.15, 0.2) is 54.9 Å². The van der Waals surface area contributed by atoms with Gasteiger partial charge in [0.15, 0.2) is 5.82 Å². The molecular weight excluding hydrogens is 210 g/mol. The highest BCUT2D eigenvalue weighted by atomic mass is 15.3. The molecule has 0 amide bonds. The van der Waals surface area contributed by atoms with E-state index in [1.165, 1.54) is 11.3 Å². The van der Waals surface area contributed by atoms with E-state index in [1.54, 1.807) is 0 Å². The Bertz CT molecular complexity index is 677. The van der Waals surface area contributed by atoms with Crippen molar-refractivity contribution >= 4 is 0 Å². The van der Waals surface area contributed by atoms with E-state index in [-0.39, 0.29) is 0 Å². The SMILES string of the molecule is c1ccc(-n2cc3c(n2)-n2cccc2C3)cc1. The first-order valence-corrected chi connectivity index (χ1v) is 5.72. The fourth-order valence-corrected chi connectivity index (χ4v) is 2.40. The summed E-state index contributed by atoms with van der Waals surface area (Å²) in [5.74, 6) is 1.06. The fourth-order valence-electron chi connectivity index (χ4n) is 2.40. The third-order valence-electron chi connectivity index (χ3n) is 3.22. The first-order valence-electron chi connectivity index (χ1n) is 5.72. The van der Waals surface area contributed by atoms with Crippen molar-refractivity contribution in [2.45, 2.75) is 6.42 Å². The van der Waals surface area contributed by atoms with E-state index in [0.717, 1.165) is 17.9 Å². The van der Waals surface area contributed by atoms with Crippen molar-refractivity contribution in [1.29, 1.82) is 0 Å².